The highest BCUT2D eigenvalue weighted by Gasteiger charge is 2.22. The molecule has 1 atom stereocenters. The van der Waals surface area contributed by atoms with Crippen molar-refractivity contribution in [2.24, 2.45) is 0 Å². The van der Waals surface area contributed by atoms with Crippen LogP contribution in [-0.2, 0) is 19.6 Å². The lowest BCUT2D eigenvalue weighted by Crippen LogP contribution is -2.42. The molecule has 0 saturated carbocycles. The Hall–Kier alpha value is -3.37. The van der Waals surface area contributed by atoms with Crippen LogP contribution in [0.15, 0.2) is 41.3 Å². The van der Waals surface area contributed by atoms with Crippen molar-refractivity contribution in [2.75, 3.05) is 19.6 Å². The van der Waals surface area contributed by atoms with Crippen LogP contribution < -0.4 is 10.1 Å². The molecule has 0 bridgehead atoms. The second kappa shape index (κ2) is 10.1. The van der Waals surface area contributed by atoms with Gasteiger partial charge in [-0.15, -0.1) is 0 Å². The van der Waals surface area contributed by atoms with Gasteiger partial charge in [0.15, 0.2) is 23.7 Å². The molecule has 10 heteroatoms. The van der Waals surface area contributed by atoms with E-state index in [0.717, 1.165) is 17.2 Å². The van der Waals surface area contributed by atoms with Crippen LogP contribution in [0.3, 0.4) is 0 Å². The van der Waals surface area contributed by atoms with Gasteiger partial charge < -0.3 is 19.6 Å². The Morgan fingerprint density at radius 3 is 2.91 bits per heavy atom. The Morgan fingerprint density at radius 1 is 1.30 bits per heavy atom. The first-order chi connectivity index (χ1) is 15.9. The highest BCUT2D eigenvalue weighted by atomic mass is 19.1. The highest BCUT2D eigenvalue weighted by Crippen LogP contribution is 2.28. The third kappa shape index (κ3) is 5.71. The minimum Gasteiger partial charge on any atom is -0.482 e. The summed E-state index contributed by atoms with van der Waals surface area (Å²) in [4.78, 5) is 21.5. The topological polar surface area (TPSA) is 101 Å². The number of aliphatic hydroxyl groups excluding tert-OH is 1. The molecule has 8 nitrogen and oxygen atoms in total. The van der Waals surface area contributed by atoms with E-state index in [1.807, 2.05) is 4.90 Å². The molecule has 0 spiro atoms. The standard InChI is InChI=1S/C23H24F2N4O4/c1-14-21(33-13-28-14)12-32-20-7-15-3-5-29(10-17(15)6-19(20)24)11-18(30)9-27-23(31)16-2-4-26-22(25)8-16/h2,4,6-8,13,18,30H,3,5,9-12H2,1H3,(H,27,31)/t18-/m0/s1. The van der Waals surface area contributed by atoms with Gasteiger partial charge in [-0.1, -0.05) is 0 Å². The molecule has 0 fully saturated rings. The van der Waals surface area contributed by atoms with E-state index in [1.54, 1.807) is 13.0 Å². The maximum Gasteiger partial charge on any atom is 0.251 e. The Morgan fingerprint density at radius 2 is 2.15 bits per heavy atom. The van der Waals surface area contributed by atoms with Crippen molar-refractivity contribution in [2.45, 2.75) is 32.6 Å². The molecule has 3 aromatic rings. The zero-order valence-corrected chi connectivity index (χ0v) is 18.1. The summed E-state index contributed by atoms with van der Waals surface area (Å²) in [6.07, 6.45) is 2.36. The molecule has 2 N–H and O–H groups in total. The largest absolute Gasteiger partial charge is 0.482 e. The number of ether oxygens (including phenoxy) is 1. The Kier molecular flexibility index (Phi) is 6.95. The van der Waals surface area contributed by atoms with Gasteiger partial charge in [0.05, 0.1) is 11.8 Å². The summed E-state index contributed by atoms with van der Waals surface area (Å²) >= 11 is 0. The average Bonchev–Trinajstić information content (AvgIpc) is 3.20. The van der Waals surface area contributed by atoms with E-state index in [-0.39, 0.29) is 24.5 Å². The Labute approximate surface area is 189 Å². The van der Waals surface area contributed by atoms with E-state index in [4.69, 9.17) is 9.15 Å². The van der Waals surface area contributed by atoms with Gasteiger partial charge in [0.2, 0.25) is 5.95 Å². The lowest BCUT2D eigenvalue weighted by Gasteiger charge is -2.30. The number of aromatic nitrogens is 2. The Balaban J connectivity index is 1.29. The number of benzene rings is 1. The fourth-order valence-electron chi connectivity index (χ4n) is 3.71. The number of aliphatic hydroxyl groups is 1. The number of fused-ring (bicyclic) bond motifs is 1. The summed E-state index contributed by atoms with van der Waals surface area (Å²) in [5.41, 5.74) is 2.64. The molecule has 4 rings (SSSR count). The van der Waals surface area contributed by atoms with Crippen molar-refractivity contribution in [1.82, 2.24) is 20.2 Å². The molecule has 1 aliphatic rings. The van der Waals surface area contributed by atoms with Gasteiger partial charge >= 0.3 is 0 Å². The zero-order chi connectivity index (χ0) is 23.4. The lowest BCUT2D eigenvalue weighted by molar-refractivity contribution is 0.0841. The van der Waals surface area contributed by atoms with Gasteiger partial charge in [0.1, 0.15) is 6.61 Å². The average molecular weight is 458 g/mol. The van der Waals surface area contributed by atoms with Gasteiger partial charge in [0, 0.05) is 44.0 Å². The second-order valence-corrected chi connectivity index (χ2v) is 7.92. The summed E-state index contributed by atoms with van der Waals surface area (Å²) in [6, 6.07) is 5.59. The third-order valence-corrected chi connectivity index (χ3v) is 5.51. The molecule has 1 amide bonds. The van der Waals surface area contributed by atoms with E-state index in [2.05, 4.69) is 15.3 Å². The van der Waals surface area contributed by atoms with Crippen molar-refractivity contribution in [3.05, 3.63) is 76.8 Å². The summed E-state index contributed by atoms with van der Waals surface area (Å²) in [5, 5.41) is 12.9. The molecule has 0 aliphatic carbocycles. The smallest absolute Gasteiger partial charge is 0.251 e. The number of β-amino-alcohol motifs (C(OH)–C–C–N with tert-alkyl or cyclic N) is 1. The molecule has 0 radical (unpaired) electrons. The van der Waals surface area contributed by atoms with Crippen LogP contribution in [-0.4, -0.2) is 51.6 Å². The molecule has 174 valence electrons. The minimum absolute atomic E-state index is 0.00826. The predicted molar refractivity (Wildman–Crippen MR) is 113 cm³/mol. The lowest BCUT2D eigenvalue weighted by atomic mass is 9.99. The summed E-state index contributed by atoms with van der Waals surface area (Å²) in [5.74, 6) is -0.995. The number of hydrogen-bond donors (Lipinski definition) is 2. The zero-order valence-electron chi connectivity index (χ0n) is 18.1. The van der Waals surface area contributed by atoms with E-state index in [0.29, 0.717) is 37.5 Å². The van der Waals surface area contributed by atoms with Gasteiger partial charge in [-0.25, -0.2) is 14.4 Å². The first kappa shape index (κ1) is 22.8. The number of nitrogens with zero attached hydrogens (tertiary/aromatic N) is 3. The fourth-order valence-corrected chi connectivity index (χ4v) is 3.71. The minimum atomic E-state index is -0.834. The van der Waals surface area contributed by atoms with Crippen LogP contribution in [0.4, 0.5) is 8.78 Å². The molecular weight excluding hydrogens is 434 g/mol. The van der Waals surface area contributed by atoms with Crippen LogP contribution >= 0.6 is 0 Å². The van der Waals surface area contributed by atoms with Crippen LogP contribution in [0.2, 0.25) is 0 Å². The monoisotopic (exact) mass is 458 g/mol. The van der Waals surface area contributed by atoms with E-state index < -0.39 is 23.8 Å². The quantitative estimate of drug-likeness (QED) is 0.500. The van der Waals surface area contributed by atoms with E-state index in [1.165, 1.54) is 24.7 Å². The Bertz CT molecular complexity index is 1140. The van der Waals surface area contributed by atoms with Gasteiger partial charge in [-0.3, -0.25) is 9.69 Å². The summed E-state index contributed by atoms with van der Waals surface area (Å²) in [6.45, 7) is 3.33. The number of amides is 1. The highest BCUT2D eigenvalue weighted by molar-refractivity contribution is 5.94. The number of halogens is 2. The SMILES string of the molecule is Cc1ncoc1COc1cc2c(cc1F)CN(C[C@@H](O)CNC(=O)c1ccnc(F)c1)CC2. The van der Waals surface area contributed by atoms with Crippen LogP contribution in [0.25, 0.3) is 0 Å². The number of pyridine rings is 1. The normalized spacial score (nSPS) is 14.5. The molecule has 33 heavy (non-hydrogen) atoms. The van der Waals surface area contributed by atoms with Gasteiger partial charge in [-0.2, -0.15) is 4.39 Å². The van der Waals surface area contributed by atoms with E-state index >= 15 is 0 Å². The maximum absolute atomic E-state index is 14.6. The molecule has 3 heterocycles. The van der Waals surface area contributed by atoms with Crippen molar-refractivity contribution in [3.8, 4) is 5.75 Å². The van der Waals surface area contributed by atoms with Crippen LogP contribution in [0.5, 0.6) is 5.75 Å². The molecule has 0 saturated heterocycles. The first-order valence-corrected chi connectivity index (χ1v) is 10.5. The number of hydrogen-bond acceptors (Lipinski definition) is 7. The number of aryl methyl sites for hydroxylation is 1. The number of carbonyl (C=O) groups excluding carboxylic acids is 1. The summed E-state index contributed by atoms with van der Waals surface area (Å²) in [7, 11) is 0. The van der Waals surface area contributed by atoms with Crippen LogP contribution in [0, 0.1) is 18.7 Å². The first-order valence-electron chi connectivity index (χ1n) is 10.5. The van der Waals surface area contributed by atoms with Crippen molar-refractivity contribution in [1.29, 1.82) is 0 Å². The molecule has 0 unspecified atom stereocenters. The predicted octanol–water partition coefficient (Wildman–Crippen LogP) is 2.38. The second-order valence-electron chi connectivity index (χ2n) is 7.92. The number of rotatable bonds is 8. The molecular formula is C23H24F2N4O4. The number of carbonyl (C=O) groups is 1. The fraction of sp³-hybridized carbons (Fsp3) is 0.348. The molecule has 1 aromatic carbocycles. The number of oxazole rings is 1. The van der Waals surface area contributed by atoms with Crippen molar-refractivity contribution in [3.63, 3.8) is 0 Å². The van der Waals surface area contributed by atoms with E-state index in [9.17, 15) is 18.7 Å². The maximum atomic E-state index is 14.6. The molecule has 1 aliphatic heterocycles. The van der Waals surface area contributed by atoms with Crippen molar-refractivity contribution >= 4 is 5.91 Å². The third-order valence-electron chi connectivity index (χ3n) is 5.51. The number of nitrogens with one attached hydrogen (secondary N) is 1. The van der Waals surface area contributed by atoms with Gasteiger partial charge in [0.25, 0.3) is 5.91 Å². The van der Waals surface area contributed by atoms with Crippen LogP contribution in [0.1, 0.15) is 32.9 Å². The van der Waals surface area contributed by atoms with Gasteiger partial charge in [-0.05, 0) is 42.7 Å². The van der Waals surface area contributed by atoms with Crippen molar-refractivity contribution < 1.29 is 27.8 Å². The molecule has 2 aromatic heterocycles. The summed E-state index contributed by atoms with van der Waals surface area (Å²) < 4.78 is 38.5.